The first kappa shape index (κ1) is 22.2. The van der Waals surface area contributed by atoms with Crippen LogP contribution in [-0.2, 0) is 11.2 Å². The molecule has 2 aromatic carbocycles. The number of aromatic nitrogens is 1. The maximum absolute atomic E-state index is 12.1. The van der Waals surface area contributed by atoms with Gasteiger partial charge in [-0.15, -0.1) is 0 Å². The molecule has 2 heterocycles. The molecule has 0 radical (unpaired) electrons. The van der Waals surface area contributed by atoms with E-state index in [0.29, 0.717) is 17.6 Å². The number of non-ortho nitro benzene ring substituents is 1. The summed E-state index contributed by atoms with van der Waals surface area (Å²) in [4.78, 5) is 31.6. The van der Waals surface area contributed by atoms with Gasteiger partial charge in [0.05, 0.1) is 15.1 Å². The van der Waals surface area contributed by atoms with Gasteiger partial charge in [-0.1, -0.05) is 37.3 Å². The van der Waals surface area contributed by atoms with Gasteiger partial charge in [0.15, 0.2) is 10.3 Å². The quantitative estimate of drug-likeness (QED) is 0.340. The SMILES string of the molecule is CC(C)C[C@@H]1N=C(Nc2ccc(CCNc3nc4ccc([N+](=O)[O-])cc4s3)cc2)SC1=O. The van der Waals surface area contributed by atoms with Crippen molar-refractivity contribution in [2.45, 2.75) is 32.7 Å². The van der Waals surface area contributed by atoms with Crippen molar-refractivity contribution in [1.29, 1.82) is 0 Å². The predicted molar refractivity (Wildman–Crippen MR) is 132 cm³/mol. The van der Waals surface area contributed by atoms with Crippen LogP contribution in [0.4, 0.5) is 16.5 Å². The molecule has 0 unspecified atom stereocenters. The van der Waals surface area contributed by atoms with Crippen molar-refractivity contribution in [3.63, 3.8) is 0 Å². The number of hydrogen-bond donors (Lipinski definition) is 2. The third-order valence-electron chi connectivity index (χ3n) is 4.92. The van der Waals surface area contributed by atoms with Gasteiger partial charge < -0.3 is 10.6 Å². The molecule has 166 valence electrons. The van der Waals surface area contributed by atoms with E-state index in [9.17, 15) is 14.9 Å². The Morgan fingerprint density at radius 1 is 1.19 bits per heavy atom. The van der Waals surface area contributed by atoms with Gasteiger partial charge in [0.25, 0.3) is 5.69 Å². The fourth-order valence-electron chi connectivity index (χ4n) is 3.33. The zero-order valence-corrected chi connectivity index (χ0v) is 19.3. The minimum atomic E-state index is -0.398. The largest absolute Gasteiger partial charge is 0.361 e. The summed E-state index contributed by atoms with van der Waals surface area (Å²) in [5.74, 6) is 0.432. The molecule has 0 aliphatic carbocycles. The minimum absolute atomic E-state index is 0.0724. The van der Waals surface area contributed by atoms with Gasteiger partial charge in [-0.3, -0.25) is 14.9 Å². The molecule has 1 aliphatic rings. The first-order valence-corrected chi connectivity index (χ1v) is 11.9. The molecule has 1 atom stereocenters. The topological polar surface area (TPSA) is 110 Å². The van der Waals surface area contributed by atoms with E-state index in [4.69, 9.17) is 0 Å². The molecule has 10 heteroatoms. The second-order valence-electron chi connectivity index (χ2n) is 7.93. The maximum atomic E-state index is 12.1. The predicted octanol–water partition coefficient (Wildman–Crippen LogP) is 5.32. The number of carbonyl (C=O) groups is 1. The van der Waals surface area contributed by atoms with E-state index in [1.807, 2.05) is 24.3 Å². The van der Waals surface area contributed by atoms with Crippen LogP contribution in [0.25, 0.3) is 10.2 Å². The Bertz CT molecular complexity index is 1170. The summed E-state index contributed by atoms with van der Waals surface area (Å²) in [6.07, 6.45) is 1.58. The van der Waals surface area contributed by atoms with Crippen molar-refractivity contribution < 1.29 is 9.72 Å². The smallest absolute Gasteiger partial charge is 0.270 e. The molecule has 0 saturated carbocycles. The van der Waals surface area contributed by atoms with Gasteiger partial charge in [-0.25, -0.2) is 9.98 Å². The summed E-state index contributed by atoms with van der Waals surface area (Å²) in [7, 11) is 0. The number of nitro groups is 1. The Balaban J connectivity index is 1.29. The zero-order chi connectivity index (χ0) is 22.7. The average Bonchev–Trinajstić information content (AvgIpc) is 3.30. The van der Waals surface area contributed by atoms with Gasteiger partial charge in [-0.2, -0.15) is 0 Å². The molecule has 4 rings (SSSR count). The standard InChI is InChI=1S/C22H23N5O3S2/c1-13(2)11-18-20(28)32-22(26-18)24-15-5-3-14(4-6-15)9-10-23-21-25-17-8-7-16(27(29)30)12-19(17)31-21/h3-8,12-13,18H,9-11H2,1-2H3,(H,23,25)(H,24,26)/t18-/m0/s1. The fourth-order valence-corrected chi connectivity index (χ4v) is 5.08. The number of nitrogens with zero attached hydrogens (tertiary/aromatic N) is 3. The van der Waals surface area contributed by atoms with Crippen LogP contribution in [0.5, 0.6) is 0 Å². The molecule has 3 aromatic rings. The van der Waals surface area contributed by atoms with Crippen LogP contribution in [0.3, 0.4) is 0 Å². The van der Waals surface area contributed by atoms with Crippen LogP contribution in [0, 0.1) is 16.0 Å². The number of nitrogens with one attached hydrogen (secondary N) is 2. The Labute approximate surface area is 193 Å². The number of fused-ring (bicyclic) bond motifs is 1. The number of thioether (sulfide) groups is 1. The minimum Gasteiger partial charge on any atom is -0.361 e. The molecule has 8 nitrogen and oxygen atoms in total. The van der Waals surface area contributed by atoms with Crippen molar-refractivity contribution in [3.8, 4) is 0 Å². The number of anilines is 2. The lowest BCUT2D eigenvalue weighted by Gasteiger charge is -2.07. The van der Waals surface area contributed by atoms with E-state index in [0.717, 1.165) is 39.4 Å². The molecule has 0 bridgehead atoms. The lowest BCUT2D eigenvalue weighted by Crippen LogP contribution is -2.13. The highest BCUT2D eigenvalue weighted by Gasteiger charge is 2.28. The van der Waals surface area contributed by atoms with Gasteiger partial charge in [0.1, 0.15) is 6.04 Å². The van der Waals surface area contributed by atoms with E-state index in [1.54, 1.807) is 12.1 Å². The molecule has 0 saturated heterocycles. The molecule has 1 aliphatic heterocycles. The number of carbonyl (C=O) groups excluding carboxylic acids is 1. The van der Waals surface area contributed by atoms with Gasteiger partial charge >= 0.3 is 0 Å². The highest BCUT2D eigenvalue weighted by molar-refractivity contribution is 8.27. The summed E-state index contributed by atoms with van der Waals surface area (Å²) in [5.41, 5.74) is 2.89. The molecular formula is C22H23N5O3S2. The van der Waals surface area contributed by atoms with Crippen LogP contribution in [-0.4, -0.2) is 32.8 Å². The number of hydrogen-bond acceptors (Lipinski definition) is 9. The molecule has 32 heavy (non-hydrogen) atoms. The molecular weight excluding hydrogens is 446 g/mol. The molecule has 0 amide bonds. The van der Waals surface area contributed by atoms with Gasteiger partial charge in [0, 0.05) is 24.4 Å². The Hall–Kier alpha value is -2.98. The number of aliphatic imine (C=N–C) groups is 1. The van der Waals surface area contributed by atoms with Crippen molar-refractivity contribution in [1.82, 2.24) is 4.98 Å². The van der Waals surface area contributed by atoms with Crippen LogP contribution in [0.2, 0.25) is 0 Å². The van der Waals surface area contributed by atoms with Gasteiger partial charge in [0.2, 0.25) is 5.12 Å². The number of nitro benzene ring substituents is 1. The third-order valence-corrected chi connectivity index (χ3v) is 6.77. The Kier molecular flexibility index (Phi) is 6.71. The monoisotopic (exact) mass is 469 g/mol. The summed E-state index contributed by atoms with van der Waals surface area (Å²) in [6, 6.07) is 12.5. The number of benzene rings is 2. The first-order valence-electron chi connectivity index (χ1n) is 10.3. The van der Waals surface area contributed by atoms with Crippen LogP contribution in [0.1, 0.15) is 25.8 Å². The van der Waals surface area contributed by atoms with E-state index in [1.165, 1.54) is 29.2 Å². The lowest BCUT2D eigenvalue weighted by molar-refractivity contribution is -0.384. The van der Waals surface area contributed by atoms with E-state index in [2.05, 4.69) is 34.5 Å². The Morgan fingerprint density at radius 3 is 2.69 bits per heavy atom. The summed E-state index contributed by atoms with van der Waals surface area (Å²) >= 11 is 2.59. The average molecular weight is 470 g/mol. The van der Waals surface area contributed by atoms with Crippen molar-refractivity contribution in [2.24, 2.45) is 10.9 Å². The van der Waals surface area contributed by atoms with E-state index >= 15 is 0 Å². The molecule has 0 spiro atoms. The third kappa shape index (κ3) is 5.43. The number of rotatable bonds is 8. The normalized spacial score (nSPS) is 15.9. The highest BCUT2D eigenvalue weighted by Crippen LogP contribution is 2.29. The van der Waals surface area contributed by atoms with Crippen molar-refractivity contribution in [3.05, 3.63) is 58.1 Å². The number of amidine groups is 1. The summed E-state index contributed by atoms with van der Waals surface area (Å²) in [6.45, 7) is 4.88. The maximum Gasteiger partial charge on any atom is 0.270 e. The number of thiazole rings is 1. The summed E-state index contributed by atoms with van der Waals surface area (Å²) < 4.78 is 0.791. The van der Waals surface area contributed by atoms with Crippen molar-refractivity contribution in [2.75, 3.05) is 17.2 Å². The summed E-state index contributed by atoms with van der Waals surface area (Å²) in [5, 5.41) is 18.9. The van der Waals surface area contributed by atoms with Crippen LogP contribution < -0.4 is 10.6 Å². The fraction of sp³-hybridized carbons (Fsp3) is 0.318. The second-order valence-corrected chi connectivity index (χ2v) is 9.95. The second kappa shape index (κ2) is 9.66. The Morgan fingerprint density at radius 2 is 1.97 bits per heavy atom. The van der Waals surface area contributed by atoms with E-state index < -0.39 is 4.92 Å². The van der Waals surface area contributed by atoms with Gasteiger partial charge in [-0.05, 0) is 54.3 Å². The van der Waals surface area contributed by atoms with E-state index in [-0.39, 0.29) is 16.8 Å². The molecule has 0 fully saturated rings. The molecule has 1 aromatic heterocycles. The zero-order valence-electron chi connectivity index (χ0n) is 17.7. The lowest BCUT2D eigenvalue weighted by atomic mass is 10.1. The molecule has 2 N–H and O–H groups in total. The van der Waals surface area contributed by atoms with Crippen molar-refractivity contribution >= 4 is 60.1 Å². The first-order chi connectivity index (χ1) is 15.4. The van der Waals surface area contributed by atoms with Crippen LogP contribution >= 0.6 is 23.1 Å². The highest BCUT2D eigenvalue weighted by atomic mass is 32.2. The van der Waals surface area contributed by atoms with Crippen LogP contribution in [0.15, 0.2) is 47.5 Å².